The zero-order valence-corrected chi connectivity index (χ0v) is 12.9. The second kappa shape index (κ2) is 6.65. The number of aliphatic carboxylic acids is 1. The Balaban J connectivity index is 1.96. The summed E-state index contributed by atoms with van der Waals surface area (Å²) >= 11 is 0. The quantitative estimate of drug-likeness (QED) is 0.947. The predicted molar refractivity (Wildman–Crippen MR) is 88.4 cm³/mol. The van der Waals surface area contributed by atoms with Crippen LogP contribution in [0.3, 0.4) is 0 Å². The van der Waals surface area contributed by atoms with Crippen molar-refractivity contribution in [1.82, 2.24) is 0 Å². The molecule has 1 heterocycles. The third kappa shape index (κ3) is 3.42. The zero-order valence-electron chi connectivity index (χ0n) is 12.9. The predicted octanol–water partition coefficient (Wildman–Crippen LogP) is 3.18. The van der Waals surface area contributed by atoms with Gasteiger partial charge in [0.2, 0.25) is 5.91 Å². The van der Waals surface area contributed by atoms with Crippen molar-refractivity contribution in [2.45, 2.75) is 32.2 Å². The van der Waals surface area contributed by atoms with E-state index in [1.165, 1.54) is 5.56 Å². The Morgan fingerprint density at radius 3 is 2.22 bits per heavy atom. The van der Waals surface area contributed by atoms with Crippen LogP contribution in [0.4, 0.5) is 5.69 Å². The van der Waals surface area contributed by atoms with Gasteiger partial charge in [0, 0.05) is 12.1 Å². The number of fused-ring (bicyclic) bond motifs is 2. The number of anilines is 1. The molecule has 0 aliphatic carbocycles. The third-order valence-corrected chi connectivity index (χ3v) is 4.25. The maximum Gasteiger partial charge on any atom is 0.303 e. The molecule has 1 N–H and O–H groups in total. The van der Waals surface area contributed by atoms with E-state index in [9.17, 15) is 9.59 Å². The molecular weight excluding hydrogens is 290 g/mol. The monoisotopic (exact) mass is 309 g/mol. The van der Waals surface area contributed by atoms with Gasteiger partial charge < -0.3 is 10.0 Å². The molecule has 2 aromatic carbocycles. The van der Waals surface area contributed by atoms with Crippen LogP contribution >= 0.6 is 0 Å². The fourth-order valence-electron chi connectivity index (χ4n) is 3.04. The van der Waals surface area contributed by atoms with Crippen molar-refractivity contribution in [3.8, 4) is 0 Å². The molecule has 0 fully saturated rings. The van der Waals surface area contributed by atoms with Crippen molar-refractivity contribution in [3.63, 3.8) is 0 Å². The number of hydrogen-bond acceptors (Lipinski definition) is 2. The summed E-state index contributed by atoms with van der Waals surface area (Å²) in [4.78, 5) is 25.1. The van der Waals surface area contributed by atoms with E-state index in [4.69, 9.17) is 5.11 Å². The van der Waals surface area contributed by atoms with Gasteiger partial charge in [0.05, 0.1) is 13.0 Å². The first-order valence-corrected chi connectivity index (χ1v) is 7.82. The molecule has 23 heavy (non-hydrogen) atoms. The van der Waals surface area contributed by atoms with Gasteiger partial charge in [0.1, 0.15) is 0 Å². The summed E-state index contributed by atoms with van der Waals surface area (Å²) in [6.07, 6.45) is 1.70. The van der Waals surface area contributed by atoms with Crippen LogP contribution in [-0.4, -0.2) is 17.0 Å². The second-order valence-electron chi connectivity index (χ2n) is 5.77. The van der Waals surface area contributed by atoms with Crippen LogP contribution in [0.5, 0.6) is 0 Å². The molecule has 118 valence electrons. The fourth-order valence-corrected chi connectivity index (χ4v) is 3.04. The van der Waals surface area contributed by atoms with Crippen LogP contribution in [-0.2, 0) is 29.0 Å². The zero-order chi connectivity index (χ0) is 16.2. The minimum atomic E-state index is -0.945. The van der Waals surface area contributed by atoms with Crippen LogP contribution in [0.25, 0.3) is 0 Å². The van der Waals surface area contributed by atoms with Gasteiger partial charge in [-0.25, -0.2) is 0 Å². The van der Waals surface area contributed by atoms with Crippen molar-refractivity contribution in [2.24, 2.45) is 0 Å². The van der Waals surface area contributed by atoms with Crippen molar-refractivity contribution in [1.29, 1.82) is 0 Å². The average Bonchev–Trinajstić information content (AvgIpc) is 2.55. The van der Waals surface area contributed by atoms with Crippen molar-refractivity contribution >= 4 is 17.6 Å². The van der Waals surface area contributed by atoms with E-state index in [2.05, 4.69) is 6.07 Å². The van der Waals surface area contributed by atoms with Crippen LogP contribution in [0.2, 0.25) is 0 Å². The van der Waals surface area contributed by atoms with Gasteiger partial charge >= 0.3 is 5.97 Å². The number of nitrogens with zero attached hydrogens (tertiary/aromatic N) is 1. The summed E-state index contributed by atoms with van der Waals surface area (Å²) in [5.74, 6) is -1.09. The molecule has 1 aliphatic rings. The molecule has 1 aliphatic heterocycles. The Kier molecular flexibility index (Phi) is 4.42. The Bertz CT molecular complexity index is 739. The summed E-state index contributed by atoms with van der Waals surface area (Å²) in [6.45, 7) is 0.492. The second-order valence-corrected chi connectivity index (χ2v) is 5.77. The van der Waals surface area contributed by atoms with Crippen molar-refractivity contribution in [2.75, 3.05) is 4.90 Å². The van der Waals surface area contributed by atoms with Crippen molar-refractivity contribution < 1.29 is 14.7 Å². The van der Waals surface area contributed by atoms with E-state index >= 15 is 0 Å². The van der Waals surface area contributed by atoms with Gasteiger partial charge in [0.25, 0.3) is 0 Å². The number of aryl methyl sites for hydroxylation is 2. The van der Waals surface area contributed by atoms with Gasteiger partial charge in [-0.05, 0) is 35.6 Å². The van der Waals surface area contributed by atoms with Gasteiger partial charge in [-0.2, -0.15) is 0 Å². The Hall–Kier alpha value is -2.62. The molecule has 4 heteroatoms. The molecular formula is C19H19NO3. The lowest BCUT2D eigenvalue weighted by molar-refractivity contribution is -0.138. The van der Waals surface area contributed by atoms with Crippen LogP contribution in [0, 0.1) is 0 Å². The molecule has 0 saturated heterocycles. The maximum absolute atomic E-state index is 12.6. The highest BCUT2D eigenvalue weighted by Gasteiger charge is 2.22. The summed E-state index contributed by atoms with van der Waals surface area (Å²) in [5, 5.41) is 8.84. The number of amides is 1. The summed E-state index contributed by atoms with van der Waals surface area (Å²) in [7, 11) is 0. The maximum atomic E-state index is 12.6. The lowest BCUT2D eigenvalue weighted by Gasteiger charge is -2.28. The first kappa shape index (κ1) is 15.3. The van der Waals surface area contributed by atoms with Gasteiger partial charge in [-0.1, -0.05) is 42.5 Å². The summed E-state index contributed by atoms with van der Waals surface area (Å²) in [6, 6.07) is 16.0. The molecule has 0 saturated carbocycles. The first-order valence-electron chi connectivity index (χ1n) is 7.82. The SMILES string of the molecule is O=C(O)CCC(=O)N1Cc2ccccc2CCc2ccccc21. The Morgan fingerprint density at radius 1 is 0.870 bits per heavy atom. The summed E-state index contributed by atoms with van der Waals surface area (Å²) < 4.78 is 0. The summed E-state index contributed by atoms with van der Waals surface area (Å²) in [5.41, 5.74) is 4.41. The van der Waals surface area contributed by atoms with E-state index in [1.54, 1.807) is 4.90 Å². The molecule has 0 bridgehead atoms. The normalized spacial score (nSPS) is 13.5. The molecule has 4 nitrogen and oxygen atoms in total. The largest absolute Gasteiger partial charge is 0.481 e. The number of para-hydroxylation sites is 1. The Morgan fingerprint density at radius 2 is 1.48 bits per heavy atom. The molecule has 0 unspecified atom stereocenters. The highest BCUT2D eigenvalue weighted by Crippen LogP contribution is 2.29. The number of carboxylic acid groups (broad SMARTS) is 1. The lowest BCUT2D eigenvalue weighted by atomic mass is 9.95. The highest BCUT2D eigenvalue weighted by atomic mass is 16.4. The number of carbonyl (C=O) groups is 2. The minimum absolute atomic E-state index is 0.0197. The van der Waals surface area contributed by atoms with E-state index in [1.807, 2.05) is 42.5 Å². The van der Waals surface area contributed by atoms with Crippen LogP contribution in [0.15, 0.2) is 48.5 Å². The molecule has 0 spiro atoms. The number of benzene rings is 2. The molecule has 0 radical (unpaired) electrons. The third-order valence-electron chi connectivity index (χ3n) is 4.25. The number of carboxylic acids is 1. The average molecular weight is 309 g/mol. The fraction of sp³-hybridized carbons (Fsp3) is 0.263. The standard InChI is InChI=1S/C19H19NO3/c21-18(11-12-19(22)23)20-13-16-7-2-1-5-14(16)9-10-15-6-3-4-8-17(15)20/h1-8H,9-13H2,(H,22,23). The van der Waals surface area contributed by atoms with Crippen molar-refractivity contribution in [3.05, 3.63) is 65.2 Å². The molecule has 2 aromatic rings. The van der Waals surface area contributed by atoms with Gasteiger partial charge in [-0.3, -0.25) is 9.59 Å². The lowest BCUT2D eigenvalue weighted by Crippen LogP contribution is -2.32. The first-order chi connectivity index (χ1) is 11.1. The smallest absolute Gasteiger partial charge is 0.303 e. The molecule has 0 atom stereocenters. The molecule has 0 aromatic heterocycles. The minimum Gasteiger partial charge on any atom is -0.481 e. The number of carbonyl (C=O) groups excluding carboxylic acids is 1. The van der Waals surface area contributed by atoms with E-state index in [0.717, 1.165) is 29.7 Å². The number of rotatable bonds is 3. The molecule has 3 rings (SSSR count). The molecule has 1 amide bonds. The van der Waals surface area contributed by atoms with Crippen LogP contribution < -0.4 is 4.90 Å². The van der Waals surface area contributed by atoms with E-state index < -0.39 is 5.97 Å². The highest BCUT2D eigenvalue weighted by molar-refractivity contribution is 5.95. The van der Waals surface area contributed by atoms with Gasteiger partial charge in [0.15, 0.2) is 0 Å². The van der Waals surface area contributed by atoms with Gasteiger partial charge in [-0.15, -0.1) is 0 Å². The van der Waals surface area contributed by atoms with E-state index in [0.29, 0.717) is 6.54 Å². The van der Waals surface area contributed by atoms with E-state index in [-0.39, 0.29) is 18.7 Å². The topological polar surface area (TPSA) is 57.6 Å². The van der Waals surface area contributed by atoms with Crippen LogP contribution in [0.1, 0.15) is 29.5 Å². The number of hydrogen-bond donors (Lipinski definition) is 1. The Labute approximate surface area is 135 Å².